The van der Waals surface area contributed by atoms with Crippen molar-refractivity contribution in [2.24, 2.45) is 5.73 Å². The second-order valence-electron chi connectivity index (χ2n) is 2.25. The summed E-state index contributed by atoms with van der Waals surface area (Å²) in [6, 6.07) is 3.54. The molecular formula is C7H9NO2S. The Morgan fingerprint density at radius 1 is 1.73 bits per heavy atom. The third-order valence-corrected chi connectivity index (χ3v) is 2.35. The zero-order valence-electron chi connectivity index (χ0n) is 6.07. The van der Waals surface area contributed by atoms with E-state index in [1.807, 2.05) is 13.0 Å². The molecule has 0 unspecified atom stereocenters. The minimum Gasteiger partial charge on any atom is -0.378 e. The monoisotopic (exact) mass is 171 g/mol. The second-order valence-corrected chi connectivity index (χ2v) is 3.57. The smallest absolute Gasteiger partial charge is 0.251 e. The van der Waals surface area contributed by atoms with E-state index in [9.17, 15) is 4.79 Å². The van der Waals surface area contributed by atoms with E-state index in [1.54, 1.807) is 6.07 Å². The lowest BCUT2D eigenvalue weighted by Crippen LogP contribution is -2.19. The minimum absolute atomic E-state index is 0.606. The molecular weight excluding hydrogens is 162 g/mol. The fraction of sp³-hybridized carbons (Fsp3) is 0.286. The molecule has 0 aliphatic heterocycles. The van der Waals surface area contributed by atoms with Gasteiger partial charge in [-0.2, -0.15) is 0 Å². The van der Waals surface area contributed by atoms with Crippen LogP contribution in [0, 0.1) is 6.92 Å². The molecule has 1 rings (SSSR count). The number of carbonyl (C=O) groups excluding carboxylic acids is 1. The van der Waals surface area contributed by atoms with Gasteiger partial charge in [0.1, 0.15) is 0 Å². The van der Waals surface area contributed by atoms with Crippen molar-refractivity contribution < 1.29 is 9.90 Å². The molecule has 0 aliphatic carbocycles. The van der Waals surface area contributed by atoms with Crippen LogP contribution in [0.2, 0.25) is 0 Å². The van der Waals surface area contributed by atoms with Gasteiger partial charge >= 0.3 is 0 Å². The molecule has 1 heterocycles. The van der Waals surface area contributed by atoms with Gasteiger partial charge in [-0.05, 0) is 19.1 Å². The summed E-state index contributed by atoms with van der Waals surface area (Å²) in [5, 5.41) is 9.15. The Balaban J connectivity index is 2.84. The Hall–Kier alpha value is -0.870. The number of primary amides is 1. The first-order valence-electron chi connectivity index (χ1n) is 3.15. The summed E-state index contributed by atoms with van der Waals surface area (Å²) in [5.74, 6) is -0.702. The van der Waals surface area contributed by atoms with Gasteiger partial charge in [0.15, 0.2) is 6.10 Å². The highest BCUT2D eigenvalue weighted by Gasteiger charge is 2.14. The van der Waals surface area contributed by atoms with Crippen molar-refractivity contribution in [3.63, 3.8) is 0 Å². The van der Waals surface area contributed by atoms with Crippen molar-refractivity contribution in [3.8, 4) is 0 Å². The van der Waals surface area contributed by atoms with E-state index in [1.165, 1.54) is 11.3 Å². The molecule has 0 radical (unpaired) electrons. The van der Waals surface area contributed by atoms with Gasteiger partial charge in [0.05, 0.1) is 0 Å². The summed E-state index contributed by atoms with van der Waals surface area (Å²) < 4.78 is 0. The summed E-state index contributed by atoms with van der Waals surface area (Å²) >= 11 is 1.37. The Labute approximate surface area is 68.5 Å². The first-order chi connectivity index (χ1) is 5.11. The van der Waals surface area contributed by atoms with Gasteiger partial charge in [-0.3, -0.25) is 4.79 Å². The molecule has 0 spiro atoms. The molecule has 1 amide bonds. The van der Waals surface area contributed by atoms with Crippen LogP contribution in [-0.4, -0.2) is 11.0 Å². The van der Waals surface area contributed by atoms with Crippen molar-refractivity contribution in [3.05, 3.63) is 21.9 Å². The highest BCUT2D eigenvalue weighted by molar-refractivity contribution is 7.12. The summed E-state index contributed by atoms with van der Waals surface area (Å²) in [6.07, 6.45) is -1.14. The number of carbonyl (C=O) groups is 1. The number of aliphatic hydroxyl groups excluding tert-OH is 1. The molecule has 0 bridgehead atoms. The van der Waals surface area contributed by atoms with E-state index in [-0.39, 0.29) is 0 Å². The molecule has 1 aromatic rings. The van der Waals surface area contributed by atoms with Crippen molar-refractivity contribution >= 4 is 17.2 Å². The summed E-state index contributed by atoms with van der Waals surface area (Å²) in [4.78, 5) is 12.2. The molecule has 3 nitrogen and oxygen atoms in total. The number of amides is 1. The van der Waals surface area contributed by atoms with Gasteiger partial charge in [0, 0.05) is 9.75 Å². The zero-order chi connectivity index (χ0) is 8.43. The Bertz CT molecular complexity index is 269. The van der Waals surface area contributed by atoms with Crippen LogP contribution in [-0.2, 0) is 4.79 Å². The molecule has 0 aromatic carbocycles. The van der Waals surface area contributed by atoms with Gasteiger partial charge in [0.2, 0.25) is 0 Å². The van der Waals surface area contributed by atoms with Crippen LogP contribution >= 0.6 is 11.3 Å². The van der Waals surface area contributed by atoms with E-state index in [0.717, 1.165) is 4.88 Å². The lowest BCUT2D eigenvalue weighted by molar-refractivity contribution is -0.126. The first kappa shape index (κ1) is 8.23. The molecule has 1 aromatic heterocycles. The van der Waals surface area contributed by atoms with E-state index in [2.05, 4.69) is 0 Å². The molecule has 1 atom stereocenters. The maximum atomic E-state index is 10.5. The third kappa shape index (κ3) is 1.78. The standard InChI is InChI=1S/C7H9NO2S/c1-4-2-3-5(11-4)6(9)7(8)10/h2-3,6,9H,1H3,(H2,8,10)/t6-/m1/s1. The van der Waals surface area contributed by atoms with E-state index >= 15 is 0 Å². The van der Waals surface area contributed by atoms with Crippen LogP contribution in [0.3, 0.4) is 0 Å². The van der Waals surface area contributed by atoms with E-state index < -0.39 is 12.0 Å². The predicted molar refractivity (Wildman–Crippen MR) is 43.2 cm³/mol. The molecule has 0 saturated heterocycles. The summed E-state index contributed by atoms with van der Waals surface area (Å²) in [5.41, 5.74) is 4.89. The molecule has 60 valence electrons. The van der Waals surface area contributed by atoms with Crippen molar-refractivity contribution in [2.45, 2.75) is 13.0 Å². The highest BCUT2D eigenvalue weighted by atomic mass is 32.1. The summed E-state index contributed by atoms with van der Waals surface area (Å²) in [6.45, 7) is 1.90. The number of hydrogen-bond donors (Lipinski definition) is 2. The molecule has 11 heavy (non-hydrogen) atoms. The van der Waals surface area contributed by atoms with Crippen LogP contribution in [0.1, 0.15) is 15.9 Å². The molecule has 3 N–H and O–H groups in total. The van der Waals surface area contributed by atoms with Crippen LogP contribution < -0.4 is 5.73 Å². The number of thiophene rings is 1. The zero-order valence-corrected chi connectivity index (χ0v) is 6.89. The Morgan fingerprint density at radius 2 is 2.36 bits per heavy atom. The van der Waals surface area contributed by atoms with Crippen molar-refractivity contribution in [2.75, 3.05) is 0 Å². The maximum absolute atomic E-state index is 10.5. The van der Waals surface area contributed by atoms with Gasteiger partial charge in [-0.25, -0.2) is 0 Å². The Morgan fingerprint density at radius 3 is 2.73 bits per heavy atom. The molecule has 4 heteroatoms. The average molecular weight is 171 g/mol. The predicted octanol–water partition coefficient (Wildman–Crippen LogP) is 0.575. The lowest BCUT2D eigenvalue weighted by Gasteiger charge is -2.00. The molecule has 0 saturated carbocycles. The van der Waals surface area contributed by atoms with Crippen LogP contribution in [0.15, 0.2) is 12.1 Å². The van der Waals surface area contributed by atoms with E-state index in [0.29, 0.717) is 4.88 Å². The van der Waals surface area contributed by atoms with Crippen LogP contribution in [0.4, 0.5) is 0 Å². The van der Waals surface area contributed by atoms with Crippen molar-refractivity contribution in [1.29, 1.82) is 0 Å². The van der Waals surface area contributed by atoms with Crippen molar-refractivity contribution in [1.82, 2.24) is 0 Å². The topological polar surface area (TPSA) is 63.3 Å². The Kier molecular flexibility index (Phi) is 2.26. The van der Waals surface area contributed by atoms with Gasteiger partial charge < -0.3 is 10.8 Å². The van der Waals surface area contributed by atoms with Gasteiger partial charge in [0.25, 0.3) is 5.91 Å². The normalized spacial score (nSPS) is 12.9. The second kappa shape index (κ2) is 3.02. The van der Waals surface area contributed by atoms with Gasteiger partial charge in [-0.15, -0.1) is 11.3 Å². The van der Waals surface area contributed by atoms with Gasteiger partial charge in [-0.1, -0.05) is 0 Å². The quantitative estimate of drug-likeness (QED) is 0.683. The average Bonchev–Trinajstić information content (AvgIpc) is 2.34. The number of aliphatic hydroxyl groups is 1. The maximum Gasteiger partial charge on any atom is 0.251 e. The van der Waals surface area contributed by atoms with Crippen LogP contribution in [0.25, 0.3) is 0 Å². The fourth-order valence-corrected chi connectivity index (χ4v) is 1.61. The largest absolute Gasteiger partial charge is 0.378 e. The minimum atomic E-state index is -1.14. The fourth-order valence-electron chi connectivity index (χ4n) is 0.741. The third-order valence-electron chi connectivity index (χ3n) is 1.30. The van der Waals surface area contributed by atoms with Crippen LogP contribution in [0.5, 0.6) is 0 Å². The number of rotatable bonds is 2. The number of nitrogens with two attached hydrogens (primary N) is 1. The number of hydrogen-bond acceptors (Lipinski definition) is 3. The first-order valence-corrected chi connectivity index (χ1v) is 3.96. The SMILES string of the molecule is Cc1ccc([C@@H](O)C(N)=O)s1. The molecule has 0 fully saturated rings. The van der Waals surface area contributed by atoms with E-state index in [4.69, 9.17) is 10.8 Å². The number of aryl methyl sites for hydroxylation is 1. The highest BCUT2D eigenvalue weighted by Crippen LogP contribution is 2.21. The molecule has 0 aliphatic rings. The summed E-state index contributed by atoms with van der Waals surface area (Å²) in [7, 11) is 0. The lowest BCUT2D eigenvalue weighted by atomic mass is 10.3.